The fraction of sp³-hybridized carbons (Fsp3) is 0.600. The maximum atomic E-state index is 9.49. The first-order valence-corrected chi connectivity index (χ1v) is 6.99. The number of ether oxygens (including phenoxy) is 1. The van der Waals surface area contributed by atoms with E-state index in [0.717, 1.165) is 19.7 Å². The average molecular weight is 264 g/mol. The van der Waals surface area contributed by atoms with Crippen LogP contribution in [0.4, 0.5) is 5.69 Å². The Hall–Kier alpha value is -1.10. The fourth-order valence-electron chi connectivity index (χ4n) is 2.38. The molecule has 1 fully saturated rings. The molecular formula is C15H24N2O2. The zero-order valence-corrected chi connectivity index (χ0v) is 11.8. The average Bonchev–Trinajstić information content (AvgIpc) is 2.45. The van der Waals surface area contributed by atoms with Gasteiger partial charge in [-0.25, -0.2) is 0 Å². The first-order valence-electron chi connectivity index (χ1n) is 6.99. The van der Waals surface area contributed by atoms with E-state index in [0.29, 0.717) is 12.6 Å². The molecule has 4 heteroatoms. The lowest BCUT2D eigenvalue weighted by Crippen LogP contribution is -2.48. The Morgan fingerprint density at radius 3 is 2.95 bits per heavy atom. The fourth-order valence-corrected chi connectivity index (χ4v) is 2.38. The molecule has 2 rings (SSSR count). The van der Waals surface area contributed by atoms with Crippen molar-refractivity contribution in [2.45, 2.75) is 32.5 Å². The highest BCUT2D eigenvalue weighted by Gasteiger charge is 2.24. The van der Waals surface area contributed by atoms with Gasteiger partial charge in [0, 0.05) is 24.8 Å². The van der Waals surface area contributed by atoms with Crippen LogP contribution in [0.1, 0.15) is 19.4 Å². The molecule has 0 saturated carbocycles. The lowest BCUT2D eigenvalue weighted by atomic mass is 10.1. The van der Waals surface area contributed by atoms with Crippen LogP contribution in [-0.2, 0) is 11.3 Å². The molecule has 0 amide bonds. The molecule has 0 aromatic heterocycles. The van der Waals surface area contributed by atoms with Crippen LogP contribution in [0.5, 0.6) is 0 Å². The van der Waals surface area contributed by atoms with Crippen LogP contribution in [-0.4, -0.2) is 43.6 Å². The van der Waals surface area contributed by atoms with E-state index in [1.54, 1.807) is 0 Å². The minimum atomic E-state index is 0.0638. The topological polar surface area (TPSA) is 44.7 Å². The minimum Gasteiger partial charge on any atom is -0.394 e. The van der Waals surface area contributed by atoms with Crippen molar-refractivity contribution < 1.29 is 9.84 Å². The molecule has 1 atom stereocenters. The molecule has 0 spiro atoms. The van der Waals surface area contributed by atoms with Gasteiger partial charge in [0.25, 0.3) is 0 Å². The van der Waals surface area contributed by atoms with E-state index in [2.05, 4.69) is 48.3 Å². The van der Waals surface area contributed by atoms with Crippen molar-refractivity contribution in [3.63, 3.8) is 0 Å². The number of aliphatic hydroxyl groups is 1. The maximum absolute atomic E-state index is 9.49. The number of hydrogen-bond acceptors (Lipinski definition) is 4. The third kappa shape index (κ3) is 3.69. The Bertz CT molecular complexity index is 395. The highest BCUT2D eigenvalue weighted by Crippen LogP contribution is 2.24. The SMILES string of the molecule is CC(C)NCc1ccccc1N1CCOCC1CO. The molecule has 0 bridgehead atoms. The van der Waals surface area contributed by atoms with E-state index in [-0.39, 0.29) is 12.6 Å². The Balaban J connectivity index is 2.17. The van der Waals surface area contributed by atoms with Gasteiger partial charge < -0.3 is 20.1 Å². The summed E-state index contributed by atoms with van der Waals surface area (Å²) in [5.74, 6) is 0. The number of aliphatic hydroxyl groups excluding tert-OH is 1. The van der Waals surface area contributed by atoms with Gasteiger partial charge in [-0.15, -0.1) is 0 Å². The lowest BCUT2D eigenvalue weighted by Gasteiger charge is -2.37. The Labute approximate surface area is 115 Å². The number of rotatable bonds is 5. The van der Waals surface area contributed by atoms with Crippen molar-refractivity contribution >= 4 is 5.69 Å². The van der Waals surface area contributed by atoms with Crippen LogP contribution in [0.3, 0.4) is 0 Å². The molecule has 1 saturated heterocycles. The zero-order chi connectivity index (χ0) is 13.7. The molecule has 1 unspecified atom stereocenters. The van der Waals surface area contributed by atoms with Gasteiger partial charge in [0.05, 0.1) is 25.9 Å². The van der Waals surface area contributed by atoms with Crippen LogP contribution in [0.25, 0.3) is 0 Å². The molecule has 0 radical (unpaired) electrons. The quantitative estimate of drug-likeness (QED) is 0.843. The molecule has 1 aliphatic heterocycles. The summed E-state index contributed by atoms with van der Waals surface area (Å²) in [7, 11) is 0. The number of nitrogens with zero attached hydrogens (tertiary/aromatic N) is 1. The van der Waals surface area contributed by atoms with Gasteiger partial charge in [0.2, 0.25) is 0 Å². The molecule has 1 aromatic carbocycles. The number of nitrogens with one attached hydrogen (secondary N) is 1. The van der Waals surface area contributed by atoms with Crippen molar-refractivity contribution in [1.82, 2.24) is 5.32 Å². The number of morpholine rings is 1. The van der Waals surface area contributed by atoms with Crippen molar-refractivity contribution in [2.75, 3.05) is 31.3 Å². The lowest BCUT2D eigenvalue weighted by molar-refractivity contribution is 0.0726. The van der Waals surface area contributed by atoms with Gasteiger partial charge in [0.1, 0.15) is 0 Å². The summed E-state index contributed by atoms with van der Waals surface area (Å²) in [6.07, 6.45) is 0. The molecule has 0 aliphatic carbocycles. The summed E-state index contributed by atoms with van der Waals surface area (Å²) in [5, 5.41) is 12.9. The molecule has 1 heterocycles. The van der Waals surface area contributed by atoms with Crippen LogP contribution in [0.2, 0.25) is 0 Å². The van der Waals surface area contributed by atoms with Crippen molar-refractivity contribution in [3.05, 3.63) is 29.8 Å². The van der Waals surface area contributed by atoms with Gasteiger partial charge in [-0.3, -0.25) is 0 Å². The number of para-hydroxylation sites is 1. The van der Waals surface area contributed by atoms with Gasteiger partial charge in [0.15, 0.2) is 0 Å². The summed E-state index contributed by atoms with van der Waals surface area (Å²) >= 11 is 0. The Morgan fingerprint density at radius 1 is 1.42 bits per heavy atom. The van der Waals surface area contributed by atoms with Gasteiger partial charge in [-0.05, 0) is 11.6 Å². The van der Waals surface area contributed by atoms with Crippen LogP contribution >= 0.6 is 0 Å². The van der Waals surface area contributed by atoms with Gasteiger partial charge >= 0.3 is 0 Å². The molecule has 4 nitrogen and oxygen atoms in total. The molecule has 1 aliphatic rings. The third-order valence-corrected chi connectivity index (χ3v) is 3.44. The van der Waals surface area contributed by atoms with Crippen LogP contribution < -0.4 is 10.2 Å². The summed E-state index contributed by atoms with van der Waals surface area (Å²) in [5.41, 5.74) is 2.48. The third-order valence-electron chi connectivity index (χ3n) is 3.44. The highest BCUT2D eigenvalue weighted by atomic mass is 16.5. The van der Waals surface area contributed by atoms with Crippen molar-refractivity contribution in [3.8, 4) is 0 Å². The molecular weight excluding hydrogens is 240 g/mol. The number of hydrogen-bond donors (Lipinski definition) is 2. The summed E-state index contributed by atoms with van der Waals surface area (Å²) in [6, 6.07) is 8.92. The summed E-state index contributed by atoms with van der Waals surface area (Å²) in [6.45, 7) is 7.44. The van der Waals surface area contributed by atoms with E-state index in [1.165, 1.54) is 11.3 Å². The molecule has 2 N–H and O–H groups in total. The van der Waals surface area contributed by atoms with Gasteiger partial charge in [-0.1, -0.05) is 32.0 Å². The molecule has 1 aromatic rings. The predicted octanol–water partition coefficient (Wildman–Crippen LogP) is 1.38. The normalized spacial score (nSPS) is 20.0. The standard InChI is InChI=1S/C15H24N2O2/c1-12(2)16-9-13-5-3-4-6-15(13)17-7-8-19-11-14(17)10-18/h3-6,12,14,16,18H,7-11H2,1-2H3. The predicted molar refractivity (Wildman–Crippen MR) is 77.5 cm³/mol. The second-order valence-electron chi connectivity index (χ2n) is 5.27. The number of benzene rings is 1. The summed E-state index contributed by atoms with van der Waals surface area (Å²) < 4.78 is 5.45. The van der Waals surface area contributed by atoms with Crippen molar-refractivity contribution in [1.29, 1.82) is 0 Å². The van der Waals surface area contributed by atoms with E-state index < -0.39 is 0 Å². The highest BCUT2D eigenvalue weighted by molar-refractivity contribution is 5.54. The first kappa shape index (κ1) is 14.3. The van der Waals surface area contributed by atoms with Crippen LogP contribution in [0, 0.1) is 0 Å². The Morgan fingerprint density at radius 2 is 2.21 bits per heavy atom. The largest absolute Gasteiger partial charge is 0.394 e. The number of anilines is 1. The minimum absolute atomic E-state index is 0.0638. The van der Waals surface area contributed by atoms with Crippen molar-refractivity contribution in [2.24, 2.45) is 0 Å². The smallest absolute Gasteiger partial charge is 0.0755 e. The monoisotopic (exact) mass is 264 g/mol. The van der Waals surface area contributed by atoms with E-state index >= 15 is 0 Å². The summed E-state index contributed by atoms with van der Waals surface area (Å²) in [4.78, 5) is 2.26. The molecule has 19 heavy (non-hydrogen) atoms. The molecule has 106 valence electrons. The maximum Gasteiger partial charge on any atom is 0.0755 e. The van der Waals surface area contributed by atoms with Crippen LogP contribution in [0.15, 0.2) is 24.3 Å². The first-order chi connectivity index (χ1) is 9.22. The second-order valence-corrected chi connectivity index (χ2v) is 5.27. The zero-order valence-electron chi connectivity index (χ0n) is 11.8. The van der Waals surface area contributed by atoms with E-state index in [9.17, 15) is 5.11 Å². The van der Waals surface area contributed by atoms with Gasteiger partial charge in [-0.2, -0.15) is 0 Å². The second kappa shape index (κ2) is 6.89. The van der Waals surface area contributed by atoms with E-state index in [1.807, 2.05) is 0 Å². The Kier molecular flexibility index (Phi) is 5.19. The van der Waals surface area contributed by atoms with E-state index in [4.69, 9.17) is 4.74 Å².